The van der Waals surface area contributed by atoms with Gasteiger partial charge in [0.2, 0.25) is 0 Å². The zero-order chi connectivity index (χ0) is 16.8. The minimum atomic E-state index is -1.09. The van der Waals surface area contributed by atoms with Crippen molar-refractivity contribution in [3.63, 3.8) is 0 Å². The van der Waals surface area contributed by atoms with Crippen molar-refractivity contribution < 1.29 is 24.2 Å². The van der Waals surface area contributed by atoms with Gasteiger partial charge in [-0.2, -0.15) is 0 Å². The second-order valence-electron chi connectivity index (χ2n) is 4.73. The third kappa shape index (κ3) is 4.20. The minimum absolute atomic E-state index is 0.0727. The highest BCUT2D eigenvalue weighted by Crippen LogP contribution is 2.27. The number of esters is 1. The first kappa shape index (κ1) is 16.3. The van der Waals surface area contributed by atoms with E-state index in [0.717, 1.165) is 0 Å². The van der Waals surface area contributed by atoms with Gasteiger partial charge in [-0.05, 0) is 29.8 Å². The van der Waals surface area contributed by atoms with Crippen LogP contribution in [0.4, 0.5) is 0 Å². The van der Waals surface area contributed by atoms with E-state index >= 15 is 0 Å². The molecule has 0 aromatic heterocycles. The molecule has 2 aromatic carbocycles. The summed E-state index contributed by atoms with van der Waals surface area (Å²) in [5, 5.41) is 9.51. The predicted molar refractivity (Wildman–Crippen MR) is 86.3 cm³/mol. The first-order chi connectivity index (χ1) is 11.0. The van der Waals surface area contributed by atoms with Gasteiger partial charge in [-0.3, -0.25) is 4.79 Å². The van der Waals surface area contributed by atoms with Crippen molar-refractivity contribution in [1.82, 2.24) is 0 Å². The Kier molecular flexibility index (Phi) is 5.15. The molecule has 118 valence electrons. The number of methoxy groups -OCH3 is 1. The third-order valence-corrected chi connectivity index (χ3v) is 3.08. The molecule has 0 saturated heterocycles. The van der Waals surface area contributed by atoms with Crippen LogP contribution in [0.25, 0.3) is 11.6 Å². The van der Waals surface area contributed by atoms with E-state index in [9.17, 15) is 14.7 Å². The molecular weight excluding hydrogens is 296 g/mol. The van der Waals surface area contributed by atoms with Gasteiger partial charge in [-0.1, -0.05) is 30.3 Å². The molecule has 0 bridgehead atoms. The molecule has 0 unspecified atom stereocenters. The van der Waals surface area contributed by atoms with Crippen LogP contribution in [0.2, 0.25) is 0 Å². The molecule has 2 aromatic rings. The summed E-state index contributed by atoms with van der Waals surface area (Å²) >= 11 is 0. The molecule has 23 heavy (non-hydrogen) atoms. The van der Waals surface area contributed by atoms with Crippen LogP contribution < -0.4 is 9.47 Å². The van der Waals surface area contributed by atoms with Crippen LogP contribution in [-0.4, -0.2) is 24.2 Å². The zero-order valence-corrected chi connectivity index (χ0v) is 12.8. The van der Waals surface area contributed by atoms with E-state index in [-0.39, 0.29) is 5.57 Å². The molecule has 0 heterocycles. The Balaban J connectivity index is 2.51. The summed E-state index contributed by atoms with van der Waals surface area (Å²) in [4.78, 5) is 22.8. The second-order valence-corrected chi connectivity index (χ2v) is 4.73. The fraction of sp³-hybridized carbons (Fsp3) is 0.111. The van der Waals surface area contributed by atoms with Crippen LogP contribution in [0.15, 0.2) is 48.5 Å². The van der Waals surface area contributed by atoms with E-state index in [4.69, 9.17) is 9.47 Å². The number of carboxylic acids is 1. The van der Waals surface area contributed by atoms with Crippen molar-refractivity contribution in [2.45, 2.75) is 6.92 Å². The van der Waals surface area contributed by atoms with Gasteiger partial charge in [-0.25, -0.2) is 4.79 Å². The van der Waals surface area contributed by atoms with Gasteiger partial charge in [0.15, 0.2) is 0 Å². The average Bonchev–Trinajstić information content (AvgIpc) is 2.53. The molecule has 0 aliphatic rings. The lowest BCUT2D eigenvalue weighted by atomic mass is 10.0. The van der Waals surface area contributed by atoms with Gasteiger partial charge in [0.05, 0.1) is 12.7 Å². The zero-order valence-electron chi connectivity index (χ0n) is 12.8. The van der Waals surface area contributed by atoms with E-state index in [1.165, 1.54) is 20.1 Å². The summed E-state index contributed by atoms with van der Waals surface area (Å²) in [5.74, 6) is -0.690. The van der Waals surface area contributed by atoms with Crippen molar-refractivity contribution in [1.29, 1.82) is 0 Å². The third-order valence-electron chi connectivity index (χ3n) is 3.08. The highest BCUT2D eigenvalue weighted by molar-refractivity contribution is 6.20. The summed E-state index contributed by atoms with van der Waals surface area (Å²) in [6.07, 6.45) is 1.47. The molecule has 0 atom stereocenters. The number of aliphatic carboxylic acids is 1. The number of carbonyl (C=O) groups excluding carboxylic acids is 1. The maximum Gasteiger partial charge on any atom is 0.336 e. The van der Waals surface area contributed by atoms with Gasteiger partial charge in [-0.15, -0.1) is 0 Å². The molecule has 5 nitrogen and oxygen atoms in total. The van der Waals surface area contributed by atoms with Crippen molar-refractivity contribution in [3.05, 3.63) is 59.7 Å². The van der Waals surface area contributed by atoms with Gasteiger partial charge in [0.1, 0.15) is 11.5 Å². The number of benzene rings is 2. The van der Waals surface area contributed by atoms with Gasteiger partial charge >= 0.3 is 11.9 Å². The van der Waals surface area contributed by atoms with Crippen LogP contribution >= 0.6 is 0 Å². The van der Waals surface area contributed by atoms with E-state index in [1.807, 2.05) is 0 Å². The minimum Gasteiger partial charge on any atom is -0.497 e. The van der Waals surface area contributed by atoms with Gasteiger partial charge in [0.25, 0.3) is 0 Å². The molecule has 1 N–H and O–H groups in total. The molecule has 0 aliphatic carbocycles. The van der Waals surface area contributed by atoms with Crippen LogP contribution in [0.3, 0.4) is 0 Å². The quantitative estimate of drug-likeness (QED) is 0.397. The monoisotopic (exact) mass is 312 g/mol. The van der Waals surface area contributed by atoms with E-state index in [1.54, 1.807) is 48.5 Å². The molecule has 0 amide bonds. The average molecular weight is 312 g/mol. The van der Waals surface area contributed by atoms with Crippen molar-refractivity contribution in [2.75, 3.05) is 7.11 Å². The SMILES string of the molecule is COc1cccc(C(=Cc2ccccc2OC(C)=O)C(=O)O)c1. The lowest BCUT2D eigenvalue weighted by Crippen LogP contribution is -2.04. The van der Waals surface area contributed by atoms with Crippen LogP contribution in [0, 0.1) is 0 Å². The topological polar surface area (TPSA) is 72.8 Å². The summed E-state index contributed by atoms with van der Waals surface area (Å²) in [5.41, 5.74) is 1.07. The van der Waals surface area contributed by atoms with E-state index in [2.05, 4.69) is 0 Å². The smallest absolute Gasteiger partial charge is 0.336 e. The molecule has 0 spiro atoms. The van der Waals surface area contributed by atoms with Gasteiger partial charge < -0.3 is 14.6 Å². The summed E-state index contributed by atoms with van der Waals surface area (Å²) in [7, 11) is 1.51. The van der Waals surface area contributed by atoms with Crippen molar-refractivity contribution in [3.8, 4) is 11.5 Å². The lowest BCUT2D eigenvalue weighted by molar-refractivity contribution is -0.132. The molecule has 0 saturated carbocycles. The summed E-state index contributed by atoms with van der Waals surface area (Å²) in [6.45, 7) is 1.29. The first-order valence-electron chi connectivity index (χ1n) is 6.88. The Morgan fingerprint density at radius 1 is 1.09 bits per heavy atom. The summed E-state index contributed by atoms with van der Waals surface area (Å²) < 4.78 is 10.2. The summed E-state index contributed by atoms with van der Waals surface area (Å²) in [6, 6.07) is 13.5. The molecule has 0 aliphatic heterocycles. The van der Waals surface area contributed by atoms with Crippen LogP contribution in [-0.2, 0) is 9.59 Å². The number of hydrogen-bond donors (Lipinski definition) is 1. The number of rotatable bonds is 5. The lowest BCUT2D eigenvalue weighted by Gasteiger charge is -2.08. The molecule has 5 heteroatoms. The number of hydrogen-bond acceptors (Lipinski definition) is 4. The number of ether oxygens (including phenoxy) is 2. The Hall–Kier alpha value is -3.08. The fourth-order valence-corrected chi connectivity index (χ4v) is 2.06. The second kappa shape index (κ2) is 7.26. The van der Waals surface area contributed by atoms with E-state index < -0.39 is 11.9 Å². The van der Waals surface area contributed by atoms with Crippen molar-refractivity contribution >= 4 is 23.6 Å². The Morgan fingerprint density at radius 2 is 1.83 bits per heavy atom. The van der Waals surface area contributed by atoms with Gasteiger partial charge in [0, 0.05) is 12.5 Å². The molecule has 0 radical (unpaired) electrons. The first-order valence-corrected chi connectivity index (χ1v) is 6.88. The standard InChI is InChI=1S/C18H16O5/c1-12(19)23-17-9-4-3-6-14(17)11-16(18(20)21)13-7-5-8-15(10-13)22-2/h3-11H,1-2H3,(H,20,21). The van der Waals surface area contributed by atoms with E-state index in [0.29, 0.717) is 22.6 Å². The molecular formula is C18H16O5. The maximum absolute atomic E-state index is 11.6. The van der Waals surface area contributed by atoms with Crippen LogP contribution in [0.5, 0.6) is 11.5 Å². The van der Waals surface area contributed by atoms with Crippen LogP contribution in [0.1, 0.15) is 18.1 Å². The number of para-hydroxylation sites is 1. The number of carbonyl (C=O) groups is 2. The maximum atomic E-state index is 11.6. The highest BCUT2D eigenvalue weighted by Gasteiger charge is 2.13. The fourth-order valence-electron chi connectivity index (χ4n) is 2.06. The molecule has 2 rings (SSSR count). The molecule has 0 fully saturated rings. The Labute approximate surface area is 133 Å². The Morgan fingerprint density at radius 3 is 2.48 bits per heavy atom. The largest absolute Gasteiger partial charge is 0.497 e. The normalized spacial score (nSPS) is 11.0. The highest BCUT2D eigenvalue weighted by atomic mass is 16.5. The predicted octanol–water partition coefficient (Wildman–Crippen LogP) is 3.25. The van der Waals surface area contributed by atoms with Crippen molar-refractivity contribution in [2.24, 2.45) is 0 Å². The Bertz CT molecular complexity index is 762. The number of carboxylic acid groups (broad SMARTS) is 1.